The first-order valence-electron chi connectivity index (χ1n) is 8.22. The number of nitrogens with two attached hydrogens (primary N) is 1. The summed E-state index contributed by atoms with van der Waals surface area (Å²) >= 11 is 1.16. The first-order valence-corrected chi connectivity index (χ1v) is 10.6. The van der Waals surface area contributed by atoms with Crippen molar-refractivity contribution in [1.29, 1.82) is 0 Å². The van der Waals surface area contributed by atoms with Crippen LogP contribution in [0, 0.1) is 5.41 Å². The van der Waals surface area contributed by atoms with Gasteiger partial charge in [0.25, 0.3) is 10.0 Å². The second-order valence-electron chi connectivity index (χ2n) is 7.03. The maximum atomic E-state index is 12.4. The van der Waals surface area contributed by atoms with Crippen molar-refractivity contribution in [3.63, 3.8) is 0 Å². The summed E-state index contributed by atoms with van der Waals surface area (Å²) in [5, 5.41) is 1.71. The Bertz CT molecular complexity index is 835. The highest BCUT2D eigenvalue weighted by atomic mass is 35.5. The average Bonchev–Trinajstić information content (AvgIpc) is 3.11. The average molecular weight is 432 g/mol. The second-order valence-corrected chi connectivity index (χ2v) is 9.89. The first kappa shape index (κ1) is 23.4. The number of halogens is 1. The quantitative estimate of drug-likeness (QED) is 0.672. The summed E-state index contributed by atoms with van der Waals surface area (Å²) in [5.74, 6) is -0.00144. The molecule has 0 spiro atoms. The smallest absolute Gasteiger partial charge is 0.271 e. The molecule has 3 N–H and O–H groups in total. The molecule has 1 amide bonds. The van der Waals surface area contributed by atoms with Gasteiger partial charge in [0, 0.05) is 19.3 Å². The molecule has 0 saturated carbocycles. The van der Waals surface area contributed by atoms with Crippen molar-refractivity contribution in [3.8, 4) is 0 Å². The van der Waals surface area contributed by atoms with E-state index in [-0.39, 0.29) is 34.4 Å². The van der Waals surface area contributed by atoms with Crippen LogP contribution >= 0.6 is 23.7 Å². The lowest BCUT2D eigenvalue weighted by molar-refractivity contribution is -0.130. The number of carbonyl (C=O) groups excluding carboxylic acids is 1. The van der Waals surface area contributed by atoms with Gasteiger partial charge < -0.3 is 10.6 Å². The lowest BCUT2D eigenvalue weighted by Crippen LogP contribution is -2.40. The monoisotopic (exact) mass is 431 g/mol. The first-order chi connectivity index (χ1) is 12.1. The zero-order valence-corrected chi connectivity index (χ0v) is 18.1. The Morgan fingerprint density at radius 3 is 2.37 bits per heavy atom. The molecule has 2 aromatic rings. The number of nitrogens with zero attached hydrogens (tertiary/aromatic N) is 1. The Morgan fingerprint density at radius 2 is 1.85 bits per heavy atom. The van der Waals surface area contributed by atoms with Crippen molar-refractivity contribution in [2.24, 2.45) is 11.1 Å². The molecule has 0 unspecified atom stereocenters. The maximum absolute atomic E-state index is 12.4. The van der Waals surface area contributed by atoms with Crippen LogP contribution in [0.15, 0.2) is 46.0 Å². The van der Waals surface area contributed by atoms with Gasteiger partial charge in [-0.1, -0.05) is 32.0 Å². The number of carbonyl (C=O) groups is 1. The number of sulfonamides is 1. The van der Waals surface area contributed by atoms with E-state index in [0.29, 0.717) is 18.8 Å². The van der Waals surface area contributed by atoms with Crippen molar-refractivity contribution < 1.29 is 13.2 Å². The highest BCUT2D eigenvalue weighted by molar-refractivity contribution is 7.94. The molecule has 0 radical (unpaired) electrons. The number of rotatable bonds is 8. The molecule has 0 aliphatic heterocycles. The topological polar surface area (TPSA) is 92.5 Å². The summed E-state index contributed by atoms with van der Waals surface area (Å²) in [6.07, 6.45) is 0.259. The number of hydrogen-bond donors (Lipinski definition) is 2. The van der Waals surface area contributed by atoms with Gasteiger partial charge in [-0.15, -0.1) is 23.7 Å². The molecule has 27 heavy (non-hydrogen) atoms. The highest BCUT2D eigenvalue weighted by Crippen LogP contribution is 2.21. The third-order valence-electron chi connectivity index (χ3n) is 3.96. The zero-order chi connectivity index (χ0) is 19.4. The summed E-state index contributed by atoms with van der Waals surface area (Å²) < 4.78 is 27.2. The third-order valence-corrected chi connectivity index (χ3v) is 6.74. The molecule has 0 aliphatic carbocycles. The van der Waals surface area contributed by atoms with Gasteiger partial charge in [0.2, 0.25) is 5.91 Å². The minimum Gasteiger partial charge on any atom is -0.345 e. The van der Waals surface area contributed by atoms with Gasteiger partial charge in [0.1, 0.15) is 4.21 Å². The van der Waals surface area contributed by atoms with Crippen LogP contribution in [0.4, 0.5) is 5.69 Å². The minimum absolute atomic E-state index is 0. The lowest BCUT2D eigenvalue weighted by atomic mass is 9.93. The van der Waals surface area contributed by atoms with Crippen molar-refractivity contribution >= 4 is 45.4 Å². The molecule has 150 valence electrons. The second kappa shape index (κ2) is 9.54. The van der Waals surface area contributed by atoms with E-state index in [1.165, 1.54) is 0 Å². The van der Waals surface area contributed by atoms with E-state index >= 15 is 0 Å². The van der Waals surface area contributed by atoms with E-state index in [4.69, 9.17) is 5.73 Å². The summed E-state index contributed by atoms with van der Waals surface area (Å²) in [4.78, 5) is 14.0. The number of anilines is 1. The van der Waals surface area contributed by atoms with Gasteiger partial charge in [-0.3, -0.25) is 9.52 Å². The Labute approximate surface area is 171 Å². The van der Waals surface area contributed by atoms with Crippen LogP contribution in [-0.4, -0.2) is 39.4 Å². The molecule has 6 nitrogen and oxygen atoms in total. The van der Waals surface area contributed by atoms with Crippen LogP contribution in [0.3, 0.4) is 0 Å². The van der Waals surface area contributed by atoms with Crippen molar-refractivity contribution in [1.82, 2.24) is 4.90 Å². The standard InChI is InChI=1S/C18H25N3O3S2.ClH/c1-18(2,12-19)13-21(3)16(22)11-14-6-8-15(9-7-14)20-26(23,24)17-5-4-10-25-17;/h4-10,20H,11-13,19H2,1-3H3;1H. The van der Waals surface area contributed by atoms with Crippen LogP contribution in [0.5, 0.6) is 0 Å². The lowest BCUT2D eigenvalue weighted by Gasteiger charge is -2.29. The highest BCUT2D eigenvalue weighted by Gasteiger charge is 2.21. The summed E-state index contributed by atoms with van der Waals surface area (Å²) in [6, 6.07) is 10.1. The van der Waals surface area contributed by atoms with Gasteiger partial charge in [0.05, 0.1) is 6.42 Å². The molecular formula is C18H26ClN3O3S2. The number of benzene rings is 1. The van der Waals surface area contributed by atoms with E-state index < -0.39 is 10.0 Å². The summed E-state index contributed by atoms with van der Waals surface area (Å²) in [7, 11) is -1.79. The zero-order valence-electron chi connectivity index (χ0n) is 15.6. The minimum atomic E-state index is -3.56. The van der Waals surface area contributed by atoms with Gasteiger partial charge in [0.15, 0.2) is 0 Å². The fraction of sp³-hybridized carbons (Fsp3) is 0.389. The largest absolute Gasteiger partial charge is 0.345 e. The van der Waals surface area contributed by atoms with Crippen molar-refractivity contribution in [3.05, 3.63) is 47.3 Å². The molecule has 2 rings (SSSR count). The van der Waals surface area contributed by atoms with Crippen LogP contribution < -0.4 is 10.5 Å². The molecule has 0 bridgehead atoms. The molecule has 0 atom stereocenters. The van der Waals surface area contributed by atoms with Crippen LogP contribution in [0.2, 0.25) is 0 Å². The fourth-order valence-electron chi connectivity index (χ4n) is 2.42. The summed E-state index contributed by atoms with van der Waals surface area (Å²) in [5.41, 5.74) is 6.88. The molecule has 1 aromatic heterocycles. The van der Waals surface area contributed by atoms with E-state index in [9.17, 15) is 13.2 Å². The molecule has 0 fully saturated rings. The molecule has 1 heterocycles. The normalized spacial score (nSPS) is 11.6. The predicted molar refractivity (Wildman–Crippen MR) is 113 cm³/mol. The Morgan fingerprint density at radius 1 is 1.22 bits per heavy atom. The van der Waals surface area contributed by atoms with Crippen LogP contribution in [0.1, 0.15) is 19.4 Å². The SMILES string of the molecule is CN(CC(C)(C)CN)C(=O)Cc1ccc(NS(=O)(=O)c2cccs2)cc1.Cl. The fourth-order valence-corrected chi connectivity index (χ4v) is 4.47. The third kappa shape index (κ3) is 6.80. The van der Waals surface area contributed by atoms with E-state index in [1.54, 1.807) is 53.7 Å². The van der Waals surface area contributed by atoms with Crippen molar-refractivity contribution in [2.75, 3.05) is 24.9 Å². The Kier molecular flexibility index (Phi) is 8.28. The molecule has 0 saturated heterocycles. The molecular weight excluding hydrogens is 406 g/mol. The maximum Gasteiger partial charge on any atom is 0.271 e. The predicted octanol–water partition coefficient (Wildman–Crippen LogP) is 2.96. The van der Waals surface area contributed by atoms with E-state index in [2.05, 4.69) is 4.72 Å². The van der Waals surface area contributed by atoms with Gasteiger partial charge in [-0.05, 0) is 41.1 Å². The number of amides is 1. The Hall–Kier alpha value is -1.61. The number of hydrogen-bond acceptors (Lipinski definition) is 5. The summed E-state index contributed by atoms with van der Waals surface area (Å²) in [6.45, 7) is 5.13. The Balaban J connectivity index is 0.00000364. The molecule has 9 heteroatoms. The number of thiophene rings is 1. The van der Waals surface area contributed by atoms with E-state index in [1.807, 2.05) is 13.8 Å². The number of nitrogens with one attached hydrogen (secondary N) is 1. The van der Waals surface area contributed by atoms with Gasteiger partial charge in [-0.2, -0.15) is 0 Å². The number of likely N-dealkylation sites (N-methyl/N-ethyl adjacent to an activating group) is 1. The molecule has 0 aliphatic rings. The van der Waals surface area contributed by atoms with Crippen molar-refractivity contribution in [2.45, 2.75) is 24.5 Å². The van der Waals surface area contributed by atoms with E-state index in [0.717, 1.165) is 16.9 Å². The molecule has 1 aromatic carbocycles. The van der Waals surface area contributed by atoms with Gasteiger partial charge >= 0.3 is 0 Å². The van der Waals surface area contributed by atoms with Crippen LogP contribution in [-0.2, 0) is 21.2 Å². The van der Waals surface area contributed by atoms with Crippen LogP contribution in [0.25, 0.3) is 0 Å². The van der Waals surface area contributed by atoms with Gasteiger partial charge in [-0.25, -0.2) is 8.42 Å².